The molecule has 0 spiro atoms. The molecule has 3 nitrogen and oxygen atoms in total. The molecule has 0 radical (unpaired) electrons. The van der Waals surface area contributed by atoms with Crippen LogP contribution in [0.25, 0.3) is 0 Å². The topological polar surface area (TPSA) is 27.3 Å². The number of hydrogen-bond acceptors (Lipinski definition) is 3. The van der Waals surface area contributed by atoms with E-state index in [4.69, 9.17) is 0 Å². The molecule has 3 heteroatoms. The van der Waals surface area contributed by atoms with Gasteiger partial charge in [0.15, 0.2) is 0 Å². The van der Waals surface area contributed by atoms with Crippen LogP contribution in [0.4, 0.5) is 0 Å². The Morgan fingerprint density at radius 2 is 2.25 bits per heavy atom. The second-order valence-corrected chi connectivity index (χ2v) is 5.38. The van der Waals surface area contributed by atoms with Gasteiger partial charge in [-0.3, -0.25) is 0 Å². The SMILES string of the molecule is CC1CCCCN1CCCNC1CCNC1. The first kappa shape index (κ1) is 12.3. The summed E-state index contributed by atoms with van der Waals surface area (Å²) in [6.07, 6.45) is 6.86. The lowest BCUT2D eigenvalue weighted by Gasteiger charge is -2.33. The maximum atomic E-state index is 3.65. The Bertz CT molecular complexity index is 190. The lowest BCUT2D eigenvalue weighted by atomic mass is 10.0. The van der Waals surface area contributed by atoms with Gasteiger partial charge >= 0.3 is 0 Å². The van der Waals surface area contributed by atoms with Gasteiger partial charge in [0.25, 0.3) is 0 Å². The van der Waals surface area contributed by atoms with Crippen LogP contribution in [0.5, 0.6) is 0 Å². The smallest absolute Gasteiger partial charge is 0.0204 e. The first-order valence-electron chi connectivity index (χ1n) is 7.04. The van der Waals surface area contributed by atoms with Crippen LogP contribution in [0.2, 0.25) is 0 Å². The largest absolute Gasteiger partial charge is 0.315 e. The van der Waals surface area contributed by atoms with Gasteiger partial charge in [-0.1, -0.05) is 6.42 Å². The van der Waals surface area contributed by atoms with Crippen molar-refractivity contribution in [2.24, 2.45) is 0 Å². The van der Waals surface area contributed by atoms with Crippen LogP contribution in [0.3, 0.4) is 0 Å². The monoisotopic (exact) mass is 225 g/mol. The minimum atomic E-state index is 0.735. The van der Waals surface area contributed by atoms with Gasteiger partial charge < -0.3 is 15.5 Å². The van der Waals surface area contributed by atoms with Crippen molar-refractivity contribution in [2.45, 2.75) is 51.1 Å². The van der Waals surface area contributed by atoms with E-state index in [1.54, 1.807) is 0 Å². The third kappa shape index (κ3) is 3.72. The fourth-order valence-electron chi connectivity index (χ4n) is 2.91. The molecule has 0 aliphatic carbocycles. The van der Waals surface area contributed by atoms with Gasteiger partial charge in [0.1, 0.15) is 0 Å². The number of rotatable bonds is 5. The molecule has 2 unspecified atom stereocenters. The number of likely N-dealkylation sites (tertiary alicyclic amines) is 1. The second-order valence-electron chi connectivity index (χ2n) is 5.38. The molecule has 2 aliphatic heterocycles. The van der Waals surface area contributed by atoms with Crippen LogP contribution in [0, 0.1) is 0 Å². The second kappa shape index (κ2) is 6.58. The standard InChI is InChI=1S/C13H27N3/c1-12-5-2-3-9-16(12)10-4-7-15-13-6-8-14-11-13/h12-15H,2-11H2,1H3. The molecule has 2 heterocycles. The van der Waals surface area contributed by atoms with Crippen molar-refractivity contribution in [3.8, 4) is 0 Å². The van der Waals surface area contributed by atoms with Gasteiger partial charge in [0, 0.05) is 18.6 Å². The summed E-state index contributed by atoms with van der Waals surface area (Å²) in [6.45, 7) is 8.55. The molecule has 2 aliphatic rings. The number of nitrogens with one attached hydrogen (secondary N) is 2. The van der Waals surface area contributed by atoms with Crippen molar-refractivity contribution >= 4 is 0 Å². The zero-order chi connectivity index (χ0) is 11.2. The first-order chi connectivity index (χ1) is 7.86. The molecule has 2 atom stereocenters. The Hall–Kier alpha value is -0.120. The van der Waals surface area contributed by atoms with Crippen LogP contribution in [0.15, 0.2) is 0 Å². The van der Waals surface area contributed by atoms with Crippen LogP contribution in [0.1, 0.15) is 39.0 Å². The summed E-state index contributed by atoms with van der Waals surface area (Å²) in [4.78, 5) is 2.66. The van der Waals surface area contributed by atoms with E-state index >= 15 is 0 Å². The summed E-state index contributed by atoms with van der Waals surface area (Å²) in [5.74, 6) is 0. The predicted molar refractivity (Wildman–Crippen MR) is 68.8 cm³/mol. The average Bonchev–Trinajstić information content (AvgIpc) is 2.79. The molecule has 0 aromatic carbocycles. The molecular formula is C13H27N3. The zero-order valence-electron chi connectivity index (χ0n) is 10.7. The van der Waals surface area contributed by atoms with Crippen molar-refractivity contribution in [1.82, 2.24) is 15.5 Å². The Morgan fingerprint density at radius 1 is 1.31 bits per heavy atom. The quantitative estimate of drug-likeness (QED) is 0.689. The summed E-state index contributed by atoms with van der Waals surface area (Å²) in [5.41, 5.74) is 0. The molecule has 2 saturated heterocycles. The Balaban J connectivity index is 1.53. The van der Waals surface area contributed by atoms with Crippen LogP contribution in [-0.2, 0) is 0 Å². The van der Waals surface area contributed by atoms with Gasteiger partial charge in [-0.15, -0.1) is 0 Å². The van der Waals surface area contributed by atoms with Crippen molar-refractivity contribution < 1.29 is 0 Å². The fourth-order valence-corrected chi connectivity index (χ4v) is 2.91. The van der Waals surface area contributed by atoms with E-state index in [-0.39, 0.29) is 0 Å². The maximum absolute atomic E-state index is 3.65. The maximum Gasteiger partial charge on any atom is 0.0204 e. The third-order valence-electron chi connectivity index (χ3n) is 4.06. The number of piperidine rings is 1. The lowest BCUT2D eigenvalue weighted by Crippen LogP contribution is -2.40. The highest BCUT2D eigenvalue weighted by atomic mass is 15.2. The van der Waals surface area contributed by atoms with Gasteiger partial charge in [0.05, 0.1) is 0 Å². The van der Waals surface area contributed by atoms with E-state index in [2.05, 4.69) is 22.5 Å². The molecule has 0 amide bonds. The highest BCUT2D eigenvalue weighted by Gasteiger charge is 2.17. The molecule has 0 aromatic rings. The Labute approximate surface area is 100.0 Å². The van der Waals surface area contributed by atoms with E-state index in [9.17, 15) is 0 Å². The normalized spacial score (nSPS) is 32.1. The zero-order valence-corrected chi connectivity index (χ0v) is 10.7. The van der Waals surface area contributed by atoms with Crippen molar-refractivity contribution in [3.63, 3.8) is 0 Å². The van der Waals surface area contributed by atoms with Gasteiger partial charge in [-0.05, 0) is 58.8 Å². The first-order valence-corrected chi connectivity index (χ1v) is 7.04. The highest BCUT2D eigenvalue weighted by molar-refractivity contribution is 4.78. The Morgan fingerprint density at radius 3 is 3.00 bits per heavy atom. The van der Waals surface area contributed by atoms with Crippen LogP contribution >= 0.6 is 0 Å². The molecule has 0 saturated carbocycles. The molecule has 94 valence electrons. The predicted octanol–water partition coefficient (Wildman–Crippen LogP) is 1.20. The highest BCUT2D eigenvalue weighted by Crippen LogP contribution is 2.16. The minimum absolute atomic E-state index is 0.735. The van der Waals surface area contributed by atoms with E-state index in [1.807, 2.05) is 0 Å². The Kier molecular flexibility index (Phi) is 5.07. The summed E-state index contributed by atoms with van der Waals surface area (Å²) < 4.78 is 0. The molecule has 2 rings (SSSR count). The summed E-state index contributed by atoms with van der Waals surface area (Å²) in [7, 11) is 0. The minimum Gasteiger partial charge on any atom is -0.315 e. The van der Waals surface area contributed by atoms with Crippen molar-refractivity contribution in [2.75, 3.05) is 32.7 Å². The van der Waals surface area contributed by atoms with E-state index in [0.717, 1.165) is 12.1 Å². The lowest BCUT2D eigenvalue weighted by molar-refractivity contribution is 0.158. The van der Waals surface area contributed by atoms with E-state index < -0.39 is 0 Å². The van der Waals surface area contributed by atoms with E-state index in [0.29, 0.717) is 0 Å². The van der Waals surface area contributed by atoms with Crippen molar-refractivity contribution in [1.29, 1.82) is 0 Å². The molecule has 0 bridgehead atoms. The molecule has 2 fully saturated rings. The number of nitrogens with zero attached hydrogens (tertiary/aromatic N) is 1. The van der Waals surface area contributed by atoms with Crippen LogP contribution in [-0.4, -0.2) is 49.7 Å². The van der Waals surface area contributed by atoms with Crippen molar-refractivity contribution in [3.05, 3.63) is 0 Å². The van der Waals surface area contributed by atoms with Crippen LogP contribution < -0.4 is 10.6 Å². The van der Waals surface area contributed by atoms with Gasteiger partial charge in [0.2, 0.25) is 0 Å². The van der Waals surface area contributed by atoms with Gasteiger partial charge in [-0.25, -0.2) is 0 Å². The molecule has 2 N–H and O–H groups in total. The third-order valence-corrected chi connectivity index (χ3v) is 4.06. The fraction of sp³-hybridized carbons (Fsp3) is 1.00. The molecular weight excluding hydrogens is 198 g/mol. The summed E-state index contributed by atoms with van der Waals surface area (Å²) in [6, 6.07) is 1.56. The molecule has 16 heavy (non-hydrogen) atoms. The average molecular weight is 225 g/mol. The summed E-state index contributed by atoms with van der Waals surface area (Å²) in [5, 5.41) is 7.04. The summed E-state index contributed by atoms with van der Waals surface area (Å²) >= 11 is 0. The number of hydrogen-bond donors (Lipinski definition) is 2. The molecule has 0 aromatic heterocycles. The van der Waals surface area contributed by atoms with E-state index in [1.165, 1.54) is 64.8 Å². The van der Waals surface area contributed by atoms with Gasteiger partial charge in [-0.2, -0.15) is 0 Å².